The van der Waals surface area contributed by atoms with Gasteiger partial charge in [-0.2, -0.15) is 0 Å². The van der Waals surface area contributed by atoms with Crippen molar-refractivity contribution in [3.63, 3.8) is 0 Å². The number of pyridine rings is 2. The van der Waals surface area contributed by atoms with E-state index >= 15 is 0 Å². The number of H-pyrrole nitrogens is 1. The molecular weight excluding hydrogens is 685 g/mol. The smallest absolute Gasteiger partial charge is 0.252 e. The Kier molecular flexibility index (Phi) is 11.3. The summed E-state index contributed by atoms with van der Waals surface area (Å²) in [7, 11) is 0. The van der Waals surface area contributed by atoms with E-state index in [1.165, 1.54) is 12.1 Å². The van der Waals surface area contributed by atoms with Gasteiger partial charge in [0.15, 0.2) is 5.54 Å². The van der Waals surface area contributed by atoms with Gasteiger partial charge in [-0.3, -0.25) is 24.2 Å². The lowest BCUT2D eigenvalue weighted by atomic mass is 9.85. The number of hydrogen-bond acceptors (Lipinski definition) is 9. The molecule has 0 aliphatic carbocycles. The van der Waals surface area contributed by atoms with Crippen molar-refractivity contribution in [2.24, 2.45) is 11.7 Å². The first-order valence-corrected chi connectivity index (χ1v) is 19.1. The first-order chi connectivity index (χ1) is 26.2. The molecule has 2 atom stereocenters. The number of aromatic hydroxyl groups is 1. The molecule has 0 saturated carbocycles. The zero-order valence-corrected chi connectivity index (χ0v) is 30.6. The van der Waals surface area contributed by atoms with E-state index in [9.17, 15) is 24.3 Å². The van der Waals surface area contributed by atoms with E-state index in [0.717, 1.165) is 42.5 Å². The fraction of sp³-hybridized carbons (Fsp3) is 0.439. The fourth-order valence-corrected chi connectivity index (χ4v) is 8.25. The van der Waals surface area contributed by atoms with Gasteiger partial charge in [0, 0.05) is 74.9 Å². The minimum absolute atomic E-state index is 0.0551. The molecule has 0 radical (unpaired) electrons. The van der Waals surface area contributed by atoms with Gasteiger partial charge in [0.1, 0.15) is 11.8 Å². The quantitative estimate of drug-likeness (QED) is 0.153. The van der Waals surface area contributed by atoms with E-state index < -0.39 is 23.4 Å². The lowest BCUT2D eigenvalue weighted by molar-refractivity contribution is -0.147. The lowest BCUT2D eigenvalue weighted by Crippen LogP contribution is -2.68. The van der Waals surface area contributed by atoms with E-state index in [1.807, 2.05) is 47.4 Å². The number of aromatic amines is 1. The Labute approximate surface area is 314 Å². The van der Waals surface area contributed by atoms with E-state index in [-0.39, 0.29) is 35.5 Å². The standard InChI is InChI=1S/C41H50N8O5/c42-41(27-29-5-7-33(50)8-6-29,40(54)49-19-13-30(14-20-49)34-26-31-3-1-2-4-35(31)45-37(34)51)39(53)46-36(25-28-9-15-43-16-10-28)38(52)48-23-21-47(22-24-48)32-11-17-44-18-12-32/h1-8,11-12,17-18,26,28,30,36,43,50H,9-10,13-16,19-25,27,42H2,(H,45,51)(H,46,53). The zero-order valence-electron chi connectivity index (χ0n) is 30.6. The second kappa shape index (κ2) is 16.4. The fourth-order valence-electron chi connectivity index (χ4n) is 8.25. The average Bonchev–Trinajstić information content (AvgIpc) is 3.21. The van der Waals surface area contributed by atoms with Crippen LogP contribution in [0.15, 0.2) is 83.9 Å². The second-order valence-corrected chi connectivity index (χ2v) is 15.0. The van der Waals surface area contributed by atoms with Crippen LogP contribution in [0.4, 0.5) is 5.69 Å². The number of benzene rings is 2. The third-order valence-corrected chi connectivity index (χ3v) is 11.5. The number of nitrogens with zero attached hydrogens (tertiary/aromatic N) is 4. The molecule has 3 saturated heterocycles. The maximum absolute atomic E-state index is 14.6. The van der Waals surface area contributed by atoms with Gasteiger partial charge in [-0.1, -0.05) is 30.3 Å². The van der Waals surface area contributed by atoms with E-state index in [4.69, 9.17) is 5.73 Å². The normalized spacial score (nSPS) is 18.9. The topological polar surface area (TPSA) is 177 Å². The Morgan fingerprint density at radius 3 is 2.28 bits per heavy atom. The molecule has 13 nitrogen and oxygen atoms in total. The number of piperidine rings is 2. The van der Waals surface area contributed by atoms with Crippen molar-refractivity contribution in [3.8, 4) is 5.75 Å². The lowest BCUT2D eigenvalue weighted by Gasteiger charge is -2.40. The number of hydrogen-bond donors (Lipinski definition) is 5. The second-order valence-electron chi connectivity index (χ2n) is 15.0. The van der Waals surface area contributed by atoms with Crippen molar-refractivity contribution < 1.29 is 19.5 Å². The molecule has 54 heavy (non-hydrogen) atoms. The molecule has 2 aromatic carbocycles. The van der Waals surface area contributed by atoms with Gasteiger partial charge in [-0.15, -0.1) is 0 Å². The van der Waals surface area contributed by atoms with Crippen LogP contribution in [-0.2, 0) is 20.8 Å². The predicted octanol–water partition coefficient (Wildman–Crippen LogP) is 2.50. The molecule has 3 aliphatic rings. The van der Waals surface area contributed by atoms with Gasteiger partial charge in [0.2, 0.25) is 5.91 Å². The number of amides is 3. The largest absolute Gasteiger partial charge is 0.508 e. The number of aromatic nitrogens is 2. The summed E-state index contributed by atoms with van der Waals surface area (Å²) in [6, 6.07) is 18.9. The predicted molar refractivity (Wildman–Crippen MR) is 207 cm³/mol. The minimum atomic E-state index is -2.03. The van der Waals surface area contributed by atoms with Crippen LogP contribution in [0.25, 0.3) is 10.9 Å². The van der Waals surface area contributed by atoms with Gasteiger partial charge in [0.05, 0.1) is 0 Å². The molecular formula is C41H50N8O5. The van der Waals surface area contributed by atoms with Crippen LogP contribution < -0.4 is 26.8 Å². The number of rotatable bonds is 10. The summed E-state index contributed by atoms with van der Waals surface area (Å²) in [5, 5.41) is 17.3. The molecule has 4 aromatic rings. The number of phenols is 1. The summed E-state index contributed by atoms with van der Waals surface area (Å²) < 4.78 is 0. The Balaban J connectivity index is 1.09. The molecule has 3 amide bonds. The SMILES string of the molecule is NC(Cc1ccc(O)cc1)(C(=O)NC(CC1CCNCC1)C(=O)N1CCN(c2ccncc2)CC1)C(=O)N1CCC(c2cc3ccccc3[nH]c2=O)CC1. The molecule has 13 heteroatoms. The highest BCUT2D eigenvalue weighted by Crippen LogP contribution is 2.30. The zero-order chi connectivity index (χ0) is 37.7. The number of phenolic OH excluding ortho intramolecular Hbond substituents is 1. The van der Waals surface area contributed by atoms with Gasteiger partial charge < -0.3 is 41.2 Å². The van der Waals surface area contributed by atoms with Gasteiger partial charge >= 0.3 is 0 Å². The van der Waals surface area contributed by atoms with Crippen LogP contribution in [0.1, 0.15) is 49.1 Å². The summed E-state index contributed by atoms with van der Waals surface area (Å²) in [6.45, 7) is 4.59. The Morgan fingerprint density at radius 1 is 0.889 bits per heavy atom. The van der Waals surface area contributed by atoms with Crippen molar-refractivity contribution in [1.29, 1.82) is 0 Å². The number of anilines is 1. The van der Waals surface area contributed by atoms with Gasteiger partial charge in [0.25, 0.3) is 17.4 Å². The molecule has 0 spiro atoms. The number of nitrogens with two attached hydrogens (primary N) is 1. The highest BCUT2D eigenvalue weighted by molar-refractivity contribution is 6.10. The summed E-state index contributed by atoms with van der Waals surface area (Å²) in [5.74, 6) is -1.19. The molecule has 2 aromatic heterocycles. The van der Waals surface area contributed by atoms with Crippen LogP contribution in [0, 0.1) is 5.92 Å². The molecule has 3 fully saturated rings. The van der Waals surface area contributed by atoms with E-state index in [1.54, 1.807) is 29.4 Å². The van der Waals surface area contributed by atoms with Crippen molar-refractivity contribution in [1.82, 2.24) is 30.4 Å². The monoisotopic (exact) mass is 734 g/mol. The summed E-state index contributed by atoms with van der Waals surface area (Å²) in [4.78, 5) is 69.2. The Bertz CT molecular complexity index is 1980. The summed E-state index contributed by atoms with van der Waals surface area (Å²) >= 11 is 0. The molecule has 5 heterocycles. The highest BCUT2D eigenvalue weighted by atomic mass is 16.3. The van der Waals surface area contributed by atoms with E-state index in [0.29, 0.717) is 69.7 Å². The molecule has 284 valence electrons. The number of fused-ring (bicyclic) bond motifs is 1. The van der Waals surface area contributed by atoms with Crippen molar-refractivity contribution >= 4 is 34.3 Å². The van der Waals surface area contributed by atoms with Crippen LogP contribution in [0.2, 0.25) is 0 Å². The molecule has 3 aliphatic heterocycles. The maximum atomic E-state index is 14.6. The molecule has 6 N–H and O–H groups in total. The number of para-hydroxylation sites is 1. The number of likely N-dealkylation sites (tertiary alicyclic amines) is 1. The van der Waals surface area contributed by atoms with E-state index in [2.05, 4.69) is 25.5 Å². The summed E-state index contributed by atoms with van der Waals surface area (Å²) in [6.07, 6.45) is 6.66. The highest BCUT2D eigenvalue weighted by Gasteiger charge is 2.47. The van der Waals surface area contributed by atoms with Gasteiger partial charge in [-0.25, -0.2) is 0 Å². The molecule has 0 bridgehead atoms. The van der Waals surface area contributed by atoms with Crippen molar-refractivity contribution in [2.45, 2.75) is 56.0 Å². The summed E-state index contributed by atoms with van der Waals surface area (Å²) in [5.41, 5.74) is 7.93. The maximum Gasteiger partial charge on any atom is 0.252 e. The van der Waals surface area contributed by atoms with Crippen molar-refractivity contribution in [2.75, 3.05) is 57.3 Å². The van der Waals surface area contributed by atoms with Gasteiger partial charge in [-0.05, 0) is 104 Å². The van der Waals surface area contributed by atoms with Crippen LogP contribution in [0.5, 0.6) is 5.75 Å². The van der Waals surface area contributed by atoms with Crippen LogP contribution >= 0.6 is 0 Å². The Morgan fingerprint density at radius 2 is 1.57 bits per heavy atom. The number of nitrogens with one attached hydrogen (secondary N) is 3. The van der Waals surface area contributed by atoms with Crippen LogP contribution in [-0.4, -0.2) is 107 Å². The molecule has 7 rings (SSSR count). The third-order valence-electron chi connectivity index (χ3n) is 11.5. The van der Waals surface area contributed by atoms with Crippen molar-refractivity contribution in [3.05, 3.63) is 101 Å². The molecule has 2 unspecified atom stereocenters. The Hall–Kier alpha value is -5.27. The number of carbonyl (C=O) groups is 3. The number of piperazine rings is 1. The number of carbonyl (C=O) groups excluding carboxylic acids is 3. The third kappa shape index (κ3) is 8.27. The first-order valence-electron chi connectivity index (χ1n) is 19.1. The first kappa shape index (κ1) is 37.1. The average molecular weight is 735 g/mol. The minimum Gasteiger partial charge on any atom is -0.508 e. The van der Waals surface area contributed by atoms with Crippen LogP contribution in [0.3, 0.4) is 0 Å².